The second-order valence-electron chi connectivity index (χ2n) is 3.04. The van der Waals surface area contributed by atoms with Crippen molar-refractivity contribution in [3.63, 3.8) is 0 Å². The smallest absolute Gasteiger partial charge is 0.290 e. The van der Waals surface area contributed by atoms with E-state index in [1.165, 1.54) is 12.1 Å². The van der Waals surface area contributed by atoms with Crippen molar-refractivity contribution in [1.29, 1.82) is 0 Å². The molecule has 78 valence electrons. The van der Waals surface area contributed by atoms with Gasteiger partial charge in [0.25, 0.3) is 5.69 Å². The average Bonchev–Trinajstić information content (AvgIpc) is 2.58. The third-order valence-corrected chi connectivity index (χ3v) is 2.44. The molecule has 15 heavy (non-hydrogen) atoms. The molecule has 2 aromatic rings. The highest BCUT2D eigenvalue weighted by Gasteiger charge is 2.17. The van der Waals surface area contributed by atoms with Crippen molar-refractivity contribution in [2.45, 2.75) is 13.3 Å². The van der Waals surface area contributed by atoms with Crippen LogP contribution in [0.5, 0.6) is 0 Å². The quantitative estimate of drug-likeness (QED) is 0.583. The van der Waals surface area contributed by atoms with E-state index < -0.39 is 4.92 Å². The van der Waals surface area contributed by atoms with E-state index in [4.69, 9.17) is 16.1 Å². The summed E-state index contributed by atoms with van der Waals surface area (Å²) >= 11 is 5.77. The van der Waals surface area contributed by atoms with Crippen molar-refractivity contribution in [1.82, 2.24) is 5.16 Å². The molecule has 0 N–H and O–H groups in total. The van der Waals surface area contributed by atoms with E-state index in [1.54, 1.807) is 0 Å². The van der Waals surface area contributed by atoms with Crippen LogP contribution >= 0.6 is 11.6 Å². The number of aromatic nitrogens is 1. The number of nitro groups is 1. The Balaban J connectivity index is 2.72. The van der Waals surface area contributed by atoms with E-state index in [1.807, 2.05) is 6.92 Å². The topological polar surface area (TPSA) is 69.2 Å². The summed E-state index contributed by atoms with van der Waals surface area (Å²) in [7, 11) is 0. The van der Waals surface area contributed by atoms with E-state index in [-0.39, 0.29) is 10.7 Å². The van der Waals surface area contributed by atoms with Crippen molar-refractivity contribution in [3.8, 4) is 0 Å². The lowest BCUT2D eigenvalue weighted by Crippen LogP contribution is -1.89. The van der Waals surface area contributed by atoms with Gasteiger partial charge >= 0.3 is 0 Å². The maximum atomic E-state index is 10.6. The lowest BCUT2D eigenvalue weighted by atomic mass is 10.2. The molecule has 0 saturated carbocycles. The summed E-state index contributed by atoms with van der Waals surface area (Å²) in [5.41, 5.74) is 0.308. The average molecular weight is 227 g/mol. The van der Waals surface area contributed by atoms with E-state index in [0.717, 1.165) is 5.39 Å². The van der Waals surface area contributed by atoms with Gasteiger partial charge in [0, 0.05) is 17.9 Å². The van der Waals surface area contributed by atoms with E-state index >= 15 is 0 Å². The van der Waals surface area contributed by atoms with Gasteiger partial charge in [-0.25, -0.2) is 0 Å². The van der Waals surface area contributed by atoms with Crippen molar-refractivity contribution < 1.29 is 9.45 Å². The van der Waals surface area contributed by atoms with Crippen LogP contribution in [0.2, 0.25) is 5.02 Å². The van der Waals surface area contributed by atoms with Crippen LogP contribution in [0.4, 0.5) is 5.69 Å². The Hall–Kier alpha value is -1.62. The summed E-state index contributed by atoms with van der Waals surface area (Å²) in [6, 6.07) is 2.84. The maximum Gasteiger partial charge on any atom is 0.290 e. The molecule has 0 saturated heterocycles. The van der Waals surface area contributed by atoms with Gasteiger partial charge in [0.15, 0.2) is 0 Å². The molecule has 0 aliphatic carbocycles. The zero-order valence-corrected chi connectivity index (χ0v) is 8.61. The first kappa shape index (κ1) is 9.92. The number of fused-ring (bicyclic) bond motifs is 1. The summed E-state index contributed by atoms with van der Waals surface area (Å²) in [5.74, 6) is 0.682. The Morgan fingerprint density at radius 2 is 2.33 bits per heavy atom. The third-order valence-electron chi connectivity index (χ3n) is 2.14. The number of hydrogen-bond acceptors (Lipinski definition) is 4. The van der Waals surface area contributed by atoms with Crippen molar-refractivity contribution >= 4 is 28.2 Å². The number of nitrogens with zero attached hydrogens (tertiary/aromatic N) is 2. The number of hydrogen-bond donors (Lipinski definition) is 0. The molecule has 1 aromatic carbocycles. The van der Waals surface area contributed by atoms with Gasteiger partial charge in [0.1, 0.15) is 16.3 Å². The van der Waals surface area contributed by atoms with Gasteiger partial charge in [-0.15, -0.1) is 0 Å². The number of halogens is 1. The van der Waals surface area contributed by atoms with Crippen molar-refractivity contribution in [3.05, 3.63) is 33.0 Å². The molecule has 5 nitrogen and oxygen atoms in total. The predicted octanol–water partition coefficient (Wildman–Crippen LogP) is 2.95. The van der Waals surface area contributed by atoms with Gasteiger partial charge in [0.05, 0.1) is 4.92 Å². The van der Waals surface area contributed by atoms with Crippen LogP contribution in [-0.4, -0.2) is 10.1 Å². The first-order chi connectivity index (χ1) is 7.13. The zero-order chi connectivity index (χ0) is 11.0. The van der Waals surface area contributed by atoms with Crippen LogP contribution < -0.4 is 0 Å². The highest BCUT2D eigenvalue weighted by molar-refractivity contribution is 6.33. The van der Waals surface area contributed by atoms with Crippen LogP contribution in [0.3, 0.4) is 0 Å². The summed E-state index contributed by atoms with van der Waals surface area (Å²) in [5, 5.41) is 15.2. The Labute approximate surface area is 89.8 Å². The second kappa shape index (κ2) is 3.51. The second-order valence-corrected chi connectivity index (χ2v) is 3.44. The number of aryl methyl sites for hydroxylation is 1. The Bertz CT molecular complexity index is 535. The van der Waals surface area contributed by atoms with Gasteiger partial charge in [-0.3, -0.25) is 10.1 Å². The fraction of sp³-hybridized carbons (Fsp3) is 0.222. The molecule has 1 heterocycles. The fourth-order valence-electron chi connectivity index (χ4n) is 1.40. The predicted molar refractivity (Wildman–Crippen MR) is 55.1 cm³/mol. The Kier molecular flexibility index (Phi) is 2.32. The highest BCUT2D eigenvalue weighted by atomic mass is 35.5. The number of rotatable bonds is 2. The van der Waals surface area contributed by atoms with E-state index in [9.17, 15) is 10.1 Å². The number of benzene rings is 1. The molecular formula is C9H7ClN2O3. The molecule has 2 rings (SSSR count). The Morgan fingerprint density at radius 3 is 2.93 bits per heavy atom. The van der Waals surface area contributed by atoms with Gasteiger partial charge in [-0.1, -0.05) is 23.7 Å². The normalized spacial score (nSPS) is 10.8. The summed E-state index contributed by atoms with van der Waals surface area (Å²) in [6.45, 7) is 1.91. The minimum atomic E-state index is -0.540. The van der Waals surface area contributed by atoms with Crippen LogP contribution in [0.15, 0.2) is 16.7 Å². The molecule has 6 heteroatoms. The van der Waals surface area contributed by atoms with Crippen molar-refractivity contribution in [2.24, 2.45) is 0 Å². The molecule has 0 spiro atoms. The first-order valence-electron chi connectivity index (χ1n) is 4.35. The Morgan fingerprint density at radius 1 is 1.60 bits per heavy atom. The lowest BCUT2D eigenvalue weighted by Gasteiger charge is -1.94. The molecule has 0 atom stereocenters. The monoisotopic (exact) mass is 226 g/mol. The third kappa shape index (κ3) is 1.55. The minimum Gasteiger partial charge on any atom is -0.360 e. The van der Waals surface area contributed by atoms with Crippen LogP contribution in [-0.2, 0) is 6.42 Å². The summed E-state index contributed by atoms with van der Waals surface area (Å²) < 4.78 is 5.02. The summed E-state index contributed by atoms with van der Waals surface area (Å²) in [6.07, 6.45) is 0.671. The van der Waals surface area contributed by atoms with Gasteiger partial charge in [-0.2, -0.15) is 0 Å². The molecule has 0 unspecified atom stereocenters. The molecule has 0 amide bonds. The molecule has 0 aliphatic heterocycles. The highest BCUT2D eigenvalue weighted by Crippen LogP contribution is 2.31. The van der Waals surface area contributed by atoms with Gasteiger partial charge in [-0.05, 0) is 6.07 Å². The fourth-order valence-corrected chi connectivity index (χ4v) is 1.63. The van der Waals surface area contributed by atoms with E-state index in [2.05, 4.69) is 5.16 Å². The van der Waals surface area contributed by atoms with Crippen LogP contribution in [0.1, 0.15) is 12.7 Å². The molecule has 1 aromatic heterocycles. The van der Waals surface area contributed by atoms with Crippen molar-refractivity contribution in [2.75, 3.05) is 0 Å². The molecule has 0 radical (unpaired) electrons. The van der Waals surface area contributed by atoms with E-state index in [0.29, 0.717) is 17.7 Å². The SMILES string of the molecule is CCc1onc2cc([N+](=O)[O-])c(Cl)cc12. The summed E-state index contributed by atoms with van der Waals surface area (Å²) in [4.78, 5) is 10.1. The molecular weight excluding hydrogens is 220 g/mol. The van der Waals surface area contributed by atoms with Gasteiger partial charge in [0.2, 0.25) is 0 Å². The first-order valence-corrected chi connectivity index (χ1v) is 4.73. The standard InChI is InChI=1S/C9H7ClN2O3/c1-2-9-5-3-6(10)8(12(13)14)4-7(5)11-15-9/h3-4H,2H2,1H3. The largest absolute Gasteiger partial charge is 0.360 e. The molecule has 0 fully saturated rings. The number of nitro benzene ring substituents is 1. The lowest BCUT2D eigenvalue weighted by molar-refractivity contribution is -0.384. The van der Waals surface area contributed by atoms with Gasteiger partial charge < -0.3 is 4.52 Å². The zero-order valence-electron chi connectivity index (χ0n) is 7.86. The van der Waals surface area contributed by atoms with Crippen LogP contribution in [0, 0.1) is 10.1 Å². The molecule has 0 aliphatic rings. The minimum absolute atomic E-state index is 0.102. The maximum absolute atomic E-state index is 10.6. The molecule has 0 bridgehead atoms. The van der Waals surface area contributed by atoms with Crippen LogP contribution in [0.25, 0.3) is 10.9 Å².